The van der Waals surface area contributed by atoms with Gasteiger partial charge in [-0.25, -0.2) is 0 Å². The van der Waals surface area contributed by atoms with Crippen LogP contribution in [-0.2, 0) is 35.5 Å². The zero-order valence-electron chi connectivity index (χ0n) is 19.9. The molecule has 0 fully saturated rings. The summed E-state index contributed by atoms with van der Waals surface area (Å²) in [6.45, 7) is 1.95. The number of carbonyl (C=O) groups excluding carboxylic acids is 2. The van der Waals surface area contributed by atoms with Gasteiger partial charge in [-0.1, -0.05) is 66.7 Å². The lowest BCUT2D eigenvalue weighted by Gasteiger charge is -2.21. The topological polar surface area (TPSA) is 95.2 Å². The molecule has 2 bridgehead atoms. The zero-order chi connectivity index (χ0) is 24.3. The maximum Gasteiger partial charge on any atom is 0.237 e. The normalized spacial score (nSPS) is 20.0. The van der Waals surface area contributed by atoms with Gasteiger partial charge in [0.15, 0.2) is 0 Å². The number of rotatable bonds is 4. The van der Waals surface area contributed by atoms with Gasteiger partial charge in [-0.15, -0.1) is 0 Å². The summed E-state index contributed by atoms with van der Waals surface area (Å²) in [5, 5.41) is 12.8. The molecule has 0 unspecified atom stereocenters. The average molecular weight is 472 g/mol. The number of hydrogen-bond donors (Lipinski definition) is 4. The second kappa shape index (κ2) is 12.8. The molecule has 4 rings (SSSR count). The fourth-order valence-corrected chi connectivity index (χ4v) is 4.15. The Balaban J connectivity index is 1.48. The maximum absolute atomic E-state index is 13.0. The first-order chi connectivity index (χ1) is 17.2. The van der Waals surface area contributed by atoms with E-state index in [9.17, 15) is 9.59 Å². The van der Waals surface area contributed by atoms with E-state index in [0.717, 1.165) is 22.5 Å². The smallest absolute Gasteiger partial charge is 0.237 e. The Kier molecular flexibility index (Phi) is 8.98. The molecule has 0 spiro atoms. The highest BCUT2D eigenvalue weighted by Gasteiger charge is 2.21. The van der Waals surface area contributed by atoms with Crippen LogP contribution in [0.25, 0.3) is 0 Å². The molecule has 7 heteroatoms. The Bertz CT molecular complexity index is 1010. The first-order valence-electron chi connectivity index (χ1n) is 12.2. The number of hydrogen-bond acceptors (Lipinski definition) is 5. The van der Waals surface area contributed by atoms with E-state index in [0.29, 0.717) is 45.4 Å². The van der Waals surface area contributed by atoms with Crippen molar-refractivity contribution in [2.45, 2.75) is 44.4 Å². The van der Waals surface area contributed by atoms with E-state index in [2.05, 4.69) is 21.3 Å². The predicted molar refractivity (Wildman–Crippen MR) is 136 cm³/mol. The summed E-state index contributed by atoms with van der Waals surface area (Å²) < 4.78 is 0. The van der Waals surface area contributed by atoms with Crippen molar-refractivity contribution in [1.29, 1.82) is 0 Å². The largest absolute Gasteiger partial charge is 0.355 e. The first-order valence-corrected chi connectivity index (χ1v) is 12.2. The molecular weight excluding hydrogens is 438 g/mol. The summed E-state index contributed by atoms with van der Waals surface area (Å²) in [4.78, 5) is 30.7. The van der Waals surface area contributed by atoms with Gasteiger partial charge in [0.25, 0.3) is 0 Å². The van der Waals surface area contributed by atoms with Crippen LogP contribution >= 0.6 is 0 Å². The van der Waals surface area contributed by atoms with Gasteiger partial charge in [-0.3, -0.25) is 25.2 Å². The Morgan fingerprint density at radius 1 is 0.629 bits per heavy atom. The Morgan fingerprint density at radius 3 is 1.54 bits per heavy atom. The van der Waals surface area contributed by atoms with Crippen molar-refractivity contribution in [2.75, 3.05) is 13.1 Å². The molecule has 0 saturated heterocycles. The molecule has 2 amide bonds. The van der Waals surface area contributed by atoms with Crippen LogP contribution < -0.4 is 21.3 Å². The molecule has 1 aliphatic rings. The van der Waals surface area contributed by atoms with Crippen LogP contribution in [0.1, 0.15) is 28.9 Å². The fraction of sp³-hybridized carbons (Fsp3) is 0.321. The van der Waals surface area contributed by atoms with Gasteiger partial charge in [0.05, 0.1) is 23.5 Å². The Hall–Kier alpha value is -3.55. The third-order valence-corrected chi connectivity index (χ3v) is 6.07. The molecule has 0 radical (unpaired) electrons. The van der Waals surface area contributed by atoms with Crippen molar-refractivity contribution in [3.05, 3.63) is 101 Å². The highest BCUT2D eigenvalue weighted by Crippen LogP contribution is 2.08. The van der Waals surface area contributed by atoms with Crippen LogP contribution in [0.5, 0.6) is 0 Å². The van der Waals surface area contributed by atoms with Gasteiger partial charge >= 0.3 is 0 Å². The van der Waals surface area contributed by atoms with Crippen LogP contribution in [0.2, 0.25) is 0 Å². The number of nitrogens with zero attached hydrogens (tertiary/aromatic N) is 1. The molecule has 2 heterocycles. The van der Waals surface area contributed by atoms with Crippen molar-refractivity contribution >= 4 is 11.8 Å². The standard InChI is InChI=1S/C28H33N5O2/c34-27-25(17-21-9-3-1-4-10-21)31-19-23-13-7-14-24(33-23)20-32-26(18-22-11-5-2-6-12-22)28(35)30-16-8-15-29-27/h1-7,9-14,25-26,31-32H,8,15-20H2,(H,29,34)(H,30,35)/t25-,26-/m0/s1. The van der Waals surface area contributed by atoms with Crippen LogP contribution in [0.3, 0.4) is 0 Å². The molecule has 2 aromatic carbocycles. The predicted octanol–water partition coefficient (Wildman–Crippen LogP) is 2.12. The number of amides is 2. The lowest BCUT2D eigenvalue weighted by atomic mass is 10.0. The molecule has 0 saturated carbocycles. The van der Waals surface area contributed by atoms with E-state index >= 15 is 0 Å². The van der Waals surface area contributed by atoms with Crippen molar-refractivity contribution in [1.82, 2.24) is 26.3 Å². The van der Waals surface area contributed by atoms with E-state index in [4.69, 9.17) is 4.98 Å². The molecular formula is C28H33N5O2. The number of pyridine rings is 1. The summed E-state index contributed by atoms with van der Waals surface area (Å²) in [7, 11) is 0. The quantitative estimate of drug-likeness (QED) is 0.468. The summed E-state index contributed by atoms with van der Waals surface area (Å²) >= 11 is 0. The van der Waals surface area contributed by atoms with E-state index in [-0.39, 0.29) is 23.9 Å². The van der Waals surface area contributed by atoms with Gasteiger partial charge in [0.2, 0.25) is 11.8 Å². The second-order valence-electron chi connectivity index (χ2n) is 8.80. The van der Waals surface area contributed by atoms with E-state index < -0.39 is 0 Å². The summed E-state index contributed by atoms with van der Waals surface area (Å²) in [5.41, 5.74) is 3.90. The van der Waals surface area contributed by atoms with Crippen LogP contribution in [0.15, 0.2) is 78.9 Å². The molecule has 0 aliphatic carbocycles. The number of fused-ring (bicyclic) bond motifs is 2. The molecule has 1 aromatic heterocycles. The monoisotopic (exact) mass is 471 g/mol. The van der Waals surface area contributed by atoms with Gasteiger partial charge < -0.3 is 10.6 Å². The van der Waals surface area contributed by atoms with Gasteiger partial charge in [-0.05, 0) is 42.5 Å². The minimum Gasteiger partial charge on any atom is -0.355 e. The Morgan fingerprint density at radius 2 is 1.09 bits per heavy atom. The summed E-state index contributed by atoms with van der Waals surface area (Å²) in [5.74, 6) is -0.0981. The van der Waals surface area contributed by atoms with Crippen molar-refractivity contribution in [3.63, 3.8) is 0 Å². The molecule has 2 atom stereocenters. The van der Waals surface area contributed by atoms with Gasteiger partial charge in [-0.2, -0.15) is 0 Å². The molecule has 7 nitrogen and oxygen atoms in total. The lowest BCUT2D eigenvalue weighted by molar-refractivity contribution is -0.123. The van der Waals surface area contributed by atoms with Crippen molar-refractivity contribution in [3.8, 4) is 0 Å². The van der Waals surface area contributed by atoms with Crippen molar-refractivity contribution < 1.29 is 9.59 Å². The molecule has 182 valence electrons. The average Bonchev–Trinajstić information content (AvgIpc) is 2.89. The lowest BCUT2D eigenvalue weighted by Crippen LogP contribution is -2.47. The highest BCUT2D eigenvalue weighted by molar-refractivity contribution is 5.82. The van der Waals surface area contributed by atoms with E-state index in [1.165, 1.54) is 0 Å². The third-order valence-electron chi connectivity index (χ3n) is 6.07. The number of benzene rings is 2. The minimum absolute atomic E-state index is 0.0490. The summed E-state index contributed by atoms with van der Waals surface area (Å²) in [6.07, 6.45) is 1.84. The Labute approximate surface area is 206 Å². The van der Waals surface area contributed by atoms with Crippen LogP contribution in [0.4, 0.5) is 0 Å². The first kappa shape index (κ1) is 24.6. The summed E-state index contributed by atoms with van der Waals surface area (Å²) in [6, 6.07) is 25.1. The van der Waals surface area contributed by atoms with Crippen LogP contribution in [-0.4, -0.2) is 42.0 Å². The van der Waals surface area contributed by atoms with E-state index in [1.807, 2.05) is 78.9 Å². The SMILES string of the molecule is O=C1NCCCNC(=O)[C@H](Cc2ccccc2)NCc2cccc(n2)CN[C@H]1Cc1ccccc1. The van der Waals surface area contributed by atoms with Gasteiger partial charge in [0, 0.05) is 26.2 Å². The minimum atomic E-state index is -0.376. The maximum atomic E-state index is 13.0. The van der Waals surface area contributed by atoms with Gasteiger partial charge in [0.1, 0.15) is 0 Å². The highest BCUT2D eigenvalue weighted by atomic mass is 16.2. The fourth-order valence-electron chi connectivity index (χ4n) is 4.15. The van der Waals surface area contributed by atoms with E-state index in [1.54, 1.807) is 0 Å². The molecule has 35 heavy (non-hydrogen) atoms. The van der Waals surface area contributed by atoms with Crippen LogP contribution in [0, 0.1) is 0 Å². The number of carbonyl (C=O) groups is 2. The number of nitrogens with one attached hydrogen (secondary N) is 4. The molecule has 3 aromatic rings. The zero-order valence-corrected chi connectivity index (χ0v) is 19.9. The van der Waals surface area contributed by atoms with Crippen molar-refractivity contribution in [2.24, 2.45) is 0 Å². The second-order valence-corrected chi connectivity index (χ2v) is 8.80. The molecule has 1 aliphatic heterocycles. The molecule has 4 N–H and O–H groups in total. The number of aromatic nitrogens is 1. The third kappa shape index (κ3) is 7.73.